The summed E-state index contributed by atoms with van der Waals surface area (Å²) in [6.45, 7) is 0. The topological polar surface area (TPSA) is 0 Å². The van der Waals surface area contributed by atoms with Crippen LogP contribution in [0, 0.1) is 0 Å². The minimum absolute atomic E-state index is 0.372. The molecular formula is C18H15S+. The molecule has 0 radical (unpaired) electrons. The zero-order chi connectivity index (χ0) is 12.9. The van der Waals surface area contributed by atoms with Crippen LogP contribution in [-0.2, 0) is 11.4 Å². The summed E-state index contributed by atoms with van der Waals surface area (Å²) in [6, 6.07) is 21.2. The number of rotatable bonds is 2. The Labute approximate surface area is 118 Å². The first-order chi connectivity index (χ1) is 9.43. The van der Waals surface area contributed by atoms with E-state index in [1.807, 2.05) is 11.4 Å². The van der Waals surface area contributed by atoms with E-state index in [1.54, 1.807) is 0 Å². The van der Waals surface area contributed by atoms with Gasteiger partial charge < -0.3 is 0 Å². The van der Waals surface area contributed by atoms with Crippen LogP contribution in [0.3, 0.4) is 0 Å². The van der Waals surface area contributed by atoms with E-state index in [0.717, 1.165) is 0 Å². The molecule has 3 rings (SSSR count). The third kappa shape index (κ3) is 2.88. The molecule has 0 aliphatic heterocycles. The van der Waals surface area contributed by atoms with Gasteiger partial charge in [0, 0.05) is 12.1 Å². The Hall–Kier alpha value is -1.99. The lowest BCUT2D eigenvalue weighted by atomic mass is 9.92. The lowest BCUT2D eigenvalue weighted by Crippen LogP contribution is -2.11. The summed E-state index contributed by atoms with van der Waals surface area (Å²) < 4.78 is 0. The van der Waals surface area contributed by atoms with Crippen LogP contribution in [0.1, 0.15) is 11.5 Å². The molecule has 0 amide bonds. The monoisotopic (exact) mass is 263 g/mol. The Kier molecular flexibility index (Phi) is 3.66. The maximum absolute atomic E-state index is 2.26. The average molecular weight is 263 g/mol. The van der Waals surface area contributed by atoms with Crippen molar-refractivity contribution >= 4 is 16.2 Å². The molecule has 92 valence electrons. The molecule has 1 unspecified atom stereocenters. The standard InChI is InChI=1S/C18H15S/c1-3-9-15(10-4-1)17-13-7-8-14-18(17)19-16-11-5-2-6-12-16/h1-14,17H/q+1. The van der Waals surface area contributed by atoms with Crippen LogP contribution < -0.4 is 0 Å². The summed E-state index contributed by atoms with van der Waals surface area (Å²) in [5, 5.41) is 0. The Morgan fingerprint density at radius 1 is 0.737 bits per heavy atom. The van der Waals surface area contributed by atoms with Crippen LogP contribution in [-0.4, -0.2) is 4.86 Å². The van der Waals surface area contributed by atoms with Gasteiger partial charge in [-0.2, -0.15) is 0 Å². The molecule has 0 spiro atoms. The summed E-state index contributed by atoms with van der Waals surface area (Å²) in [5.41, 5.74) is 1.35. The van der Waals surface area contributed by atoms with Gasteiger partial charge in [0.2, 0.25) is 21.1 Å². The second kappa shape index (κ2) is 5.77. The molecule has 0 bridgehead atoms. The number of hydrogen-bond acceptors (Lipinski definition) is 0. The van der Waals surface area contributed by atoms with Crippen LogP contribution >= 0.6 is 0 Å². The highest BCUT2D eigenvalue weighted by atomic mass is 32.1. The van der Waals surface area contributed by atoms with Crippen molar-refractivity contribution in [2.24, 2.45) is 0 Å². The first-order valence-electron chi connectivity index (χ1n) is 6.43. The summed E-state index contributed by atoms with van der Waals surface area (Å²) >= 11 is 1.85. The van der Waals surface area contributed by atoms with Gasteiger partial charge in [-0.05, 0) is 11.6 Å². The maximum atomic E-state index is 2.26. The van der Waals surface area contributed by atoms with Crippen molar-refractivity contribution in [1.29, 1.82) is 0 Å². The van der Waals surface area contributed by atoms with Gasteiger partial charge in [0.15, 0.2) is 0 Å². The first kappa shape index (κ1) is 12.1. The minimum atomic E-state index is 0.372. The largest absolute Gasteiger partial charge is 0.231 e. The van der Waals surface area contributed by atoms with Gasteiger partial charge in [-0.1, -0.05) is 66.8 Å². The molecule has 1 aliphatic carbocycles. The van der Waals surface area contributed by atoms with Crippen molar-refractivity contribution in [2.45, 2.75) is 10.8 Å². The van der Waals surface area contributed by atoms with Crippen LogP contribution in [0.5, 0.6) is 0 Å². The van der Waals surface area contributed by atoms with E-state index >= 15 is 0 Å². The summed E-state index contributed by atoms with van der Waals surface area (Å²) in [4.78, 5) is 2.67. The predicted octanol–water partition coefficient (Wildman–Crippen LogP) is 4.21. The van der Waals surface area contributed by atoms with Gasteiger partial charge in [0.05, 0.1) is 5.92 Å². The Morgan fingerprint density at radius 3 is 2.16 bits per heavy atom. The van der Waals surface area contributed by atoms with E-state index in [2.05, 4.69) is 85.0 Å². The number of benzene rings is 2. The highest BCUT2D eigenvalue weighted by Crippen LogP contribution is 2.23. The Bertz CT molecular complexity index is 621. The molecule has 19 heavy (non-hydrogen) atoms. The summed E-state index contributed by atoms with van der Waals surface area (Å²) in [6.07, 6.45) is 8.73. The van der Waals surface area contributed by atoms with Gasteiger partial charge in [-0.25, -0.2) is 0 Å². The van der Waals surface area contributed by atoms with Crippen molar-refractivity contribution in [3.05, 3.63) is 90.5 Å². The lowest BCUT2D eigenvalue weighted by Gasteiger charge is -2.10. The third-order valence-corrected chi connectivity index (χ3v) is 4.25. The highest BCUT2D eigenvalue weighted by molar-refractivity contribution is 7.79. The van der Waals surface area contributed by atoms with E-state index in [-0.39, 0.29) is 0 Å². The second-order valence-corrected chi connectivity index (χ2v) is 5.60. The fourth-order valence-corrected chi connectivity index (χ4v) is 3.24. The molecule has 0 fully saturated rings. The molecule has 1 heteroatoms. The molecule has 1 aliphatic rings. The Morgan fingerprint density at radius 2 is 1.42 bits per heavy atom. The smallest absolute Gasteiger partial charge is 0.0676 e. The molecule has 0 N–H and O–H groups in total. The number of hydrogen-bond donors (Lipinski definition) is 0. The van der Waals surface area contributed by atoms with E-state index in [4.69, 9.17) is 0 Å². The van der Waals surface area contributed by atoms with E-state index in [1.165, 1.54) is 15.3 Å². The number of allylic oxidation sites excluding steroid dienone is 4. The van der Waals surface area contributed by atoms with Crippen molar-refractivity contribution in [2.75, 3.05) is 0 Å². The zero-order valence-corrected chi connectivity index (χ0v) is 11.4. The van der Waals surface area contributed by atoms with Crippen LogP contribution in [0.4, 0.5) is 0 Å². The summed E-state index contributed by atoms with van der Waals surface area (Å²) in [7, 11) is 0. The molecule has 0 aromatic heterocycles. The fraction of sp³-hybridized carbons (Fsp3) is 0.0556. The van der Waals surface area contributed by atoms with Crippen LogP contribution in [0.25, 0.3) is 0 Å². The van der Waals surface area contributed by atoms with Gasteiger partial charge in [0.1, 0.15) is 0 Å². The van der Waals surface area contributed by atoms with Crippen molar-refractivity contribution in [3.63, 3.8) is 0 Å². The average Bonchev–Trinajstić information content (AvgIpc) is 2.50. The van der Waals surface area contributed by atoms with Crippen molar-refractivity contribution in [1.82, 2.24) is 0 Å². The SMILES string of the molecule is C1=CC(=[S+]c2ccccc2)C(c2ccccc2)C=C1. The maximum Gasteiger partial charge on any atom is 0.231 e. The molecule has 2 aromatic rings. The molecule has 0 saturated carbocycles. The van der Waals surface area contributed by atoms with Crippen LogP contribution in [0.2, 0.25) is 0 Å². The molecule has 2 aromatic carbocycles. The van der Waals surface area contributed by atoms with E-state index in [9.17, 15) is 0 Å². The van der Waals surface area contributed by atoms with Gasteiger partial charge >= 0.3 is 0 Å². The normalized spacial score (nSPS) is 19.8. The Balaban J connectivity index is 1.98. The molecular weight excluding hydrogens is 248 g/mol. The molecule has 0 heterocycles. The van der Waals surface area contributed by atoms with Gasteiger partial charge in [0.25, 0.3) is 0 Å². The van der Waals surface area contributed by atoms with Gasteiger partial charge in [-0.15, -0.1) is 0 Å². The fourth-order valence-electron chi connectivity index (χ4n) is 2.18. The van der Waals surface area contributed by atoms with Gasteiger partial charge in [-0.3, -0.25) is 0 Å². The molecule has 0 saturated heterocycles. The summed E-state index contributed by atoms with van der Waals surface area (Å²) in [5.74, 6) is 0.372. The first-order valence-corrected chi connectivity index (χ1v) is 7.25. The highest BCUT2D eigenvalue weighted by Gasteiger charge is 2.23. The van der Waals surface area contributed by atoms with E-state index in [0.29, 0.717) is 5.92 Å². The third-order valence-electron chi connectivity index (χ3n) is 3.12. The quantitative estimate of drug-likeness (QED) is 0.562. The lowest BCUT2D eigenvalue weighted by molar-refractivity contribution is 1.16. The molecule has 1 atom stereocenters. The second-order valence-electron chi connectivity index (χ2n) is 4.45. The van der Waals surface area contributed by atoms with E-state index < -0.39 is 0 Å². The van der Waals surface area contributed by atoms with Crippen LogP contribution in [0.15, 0.2) is 89.9 Å². The minimum Gasteiger partial charge on any atom is -0.0676 e. The van der Waals surface area contributed by atoms with Crippen molar-refractivity contribution in [3.8, 4) is 0 Å². The van der Waals surface area contributed by atoms with Crippen molar-refractivity contribution < 1.29 is 0 Å². The molecule has 0 nitrogen and oxygen atoms in total. The predicted molar refractivity (Wildman–Crippen MR) is 84.5 cm³/mol. The zero-order valence-electron chi connectivity index (χ0n) is 10.6.